The van der Waals surface area contributed by atoms with Crippen LogP contribution < -0.4 is 9.62 Å². The van der Waals surface area contributed by atoms with Crippen molar-refractivity contribution >= 4 is 50.7 Å². The van der Waals surface area contributed by atoms with Gasteiger partial charge in [0.2, 0.25) is 21.8 Å². The van der Waals surface area contributed by atoms with Gasteiger partial charge in [0.05, 0.1) is 11.9 Å². The number of carbonyl (C=O) groups is 2. The third-order valence-electron chi connectivity index (χ3n) is 5.09. The number of amides is 2. The van der Waals surface area contributed by atoms with Crippen molar-refractivity contribution < 1.29 is 18.0 Å². The smallest absolute Gasteiger partial charge is 0.244 e. The van der Waals surface area contributed by atoms with Gasteiger partial charge in [-0.3, -0.25) is 13.9 Å². The van der Waals surface area contributed by atoms with Crippen LogP contribution in [0, 0.1) is 6.92 Å². The van der Waals surface area contributed by atoms with E-state index in [-0.39, 0.29) is 12.5 Å². The summed E-state index contributed by atoms with van der Waals surface area (Å²) in [6, 6.07) is 10.9. The lowest BCUT2D eigenvalue weighted by molar-refractivity contribution is -0.140. The Morgan fingerprint density at radius 3 is 2.26 bits per heavy atom. The largest absolute Gasteiger partial charge is 0.350 e. The average molecular weight is 529 g/mol. The number of nitrogens with one attached hydrogen (secondary N) is 1. The number of rotatable bonds is 8. The molecule has 34 heavy (non-hydrogen) atoms. The molecule has 0 aliphatic carbocycles. The van der Waals surface area contributed by atoms with Crippen LogP contribution >= 0.6 is 23.2 Å². The Balaban J connectivity index is 2.45. The first kappa shape index (κ1) is 28.0. The van der Waals surface area contributed by atoms with Gasteiger partial charge in [-0.05, 0) is 70.0 Å². The Morgan fingerprint density at radius 1 is 1.09 bits per heavy atom. The molecule has 2 amide bonds. The molecule has 0 radical (unpaired) electrons. The molecule has 0 aromatic heterocycles. The lowest BCUT2D eigenvalue weighted by atomic mass is 10.1. The van der Waals surface area contributed by atoms with Crippen molar-refractivity contribution in [1.29, 1.82) is 0 Å². The lowest BCUT2D eigenvalue weighted by Crippen LogP contribution is -2.54. The first-order valence-corrected chi connectivity index (χ1v) is 13.3. The van der Waals surface area contributed by atoms with E-state index in [9.17, 15) is 18.0 Å². The number of sulfonamides is 1. The summed E-state index contributed by atoms with van der Waals surface area (Å²) in [7, 11) is -3.83. The van der Waals surface area contributed by atoms with Gasteiger partial charge in [-0.1, -0.05) is 41.4 Å². The number of benzene rings is 2. The number of halogens is 2. The highest BCUT2D eigenvalue weighted by Crippen LogP contribution is 2.28. The first-order chi connectivity index (χ1) is 15.6. The monoisotopic (exact) mass is 527 g/mol. The molecule has 7 nitrogen and oxygen atoms in total. The molecule has 0 heterocycles. The Kier molecular flexibility index (Phi) is 9.02. The summed E-state index contributed by atoms with van der Waals surface area (Å²) in [5, 5.41) is 3.75. The van der Waals surface area contributed by atoms with Crippen LogP contribution in [-0.2, 0) is 26.2 Å². The van der Waals surface area contributed by atoms with E-state index < -0.39 is 34.1 Å². The Labute approximate surface area is 212 Å². The van der Waals surface area contributed by atoms with Gasteiger partial charge in [0.15, 0.2) is 0 Å². The van der Waals surface area contributed by atoms with Crippen LogP contribution in [0.25, 0.3) is 0 Å². The predicted octanol–water partition coefficient (Wildman–Crippen LogP) is 4.40. The average Bonchev–Trinajstić information content (AvgIpc) is 2.70. The molecule has 1 atom stereocenters. The third kappa shape index (κ3) is 7.61. The minimum absolute atomic E-state index is 0.0737. The molecule has 2 aromatic carbocycles. The number of carbonyl (C=O) groups excluding carboxylic acids is 2. The maximum atomic E-state index is 13.5. The molecule has 10 heteroatoms. The van der Waals surface area contributed by atoms with Gasteiger partial charge in [0, 0.05) is 22.1 Å². The van der Waals surface area contributed by atoms with Crippen molar-refractivity contribution in [3.8, 4) is 0 Å². The number of anilines is 1. The van der Waals surface area contributed by atoms with E-state index in [1.165, 1.54) is 4.90 Å². The molecule has 2 aromatic rings. The Hall–Kier alpha value is -2.29. The summed E-state index contributed by atoms with van der Waals surface area (Å²) in [4.78, 5) is 27.8. The number of nitrogens with zero attached hydrogens (tertiary/aromatic N) is 2. The first-order valence-electron chi connectivity index (χ1n) is 10.7. The maximum Gasteiger partial charge on any atom is 0.244 e. The van der Waals surface area contributed by atoms with Crippen LogP contribution in [-0.4, -0.2) is 49.5 Å². The zero-order chi connectivity index (χ0) is 25.8. The second kappa shape index (κ2) is 11.0. The standard InChI is InChI=1S/C24H31Cl2N3O4S/c1-16-20(26)11-8-12-21(16)29(34(6,32)33)15-22(30)28(14-18-9-7-10-19(25)13-18)17(2)23(31)27-24(3,4)5/h7-13,17H,14-15H2,1-6H3,(H,27,31). The topological polar surface area (TPSA) is 86.8 Å². The fourth-order valence-corrected chi connectivity index (χ4v) is 4.63. The van der Waals surface area contributed by atoms with E-state index in [0.717, 1.165) is 10.6 Å². The van der Waals surface area contributed by atoms with Crippen LogP contribution in [0.1, 0.15) is 38.8 Å². The number of hydrogen-bond acceptors (Lipinski definition) is 4. The van der Waals surface area contributed by atoms with Gasteiger partial charge < -0.3 is 10.2 Å². The number of hydrogen-bond donors (Lipinski definition) is 1. The Morgan fingerprint density at radius 2 is 1.71 bits per heavy atom. The SMILES string of the molecule is Cc1c(Cl)cccc1N(CC(=O)N(Cc1cccc(Cl)c1)C(C)C(=O)NC(C)(C)C)S(C)(=O)=O. The quantitative estimate of drug-likeness (QED) is 0.551. The fourth-order valence-electron chi connectivity index (χ4n) is 3.35. The molecule has 186 valence electrons. The third-order valence-corrected chi connectivity index (χ3v) is 6.87. The fraction of sp³-hybridized carbons (Fsp3) is 0.417. The second-order valence-corrected chi connectivity index (χ2v) is 12.0. The van der Waals surface area contributed by atoms with E-state index in [1.807, 2.05) is 20.8 Å². The summed E-state index contributed by atoms with van der Waals surface area (Å²) < 4.78 is 26.3. The summed E-state index contributed by atoms with van der Waals surface area (Å²) in [6.07, 6.45) is 1.03. The van der Waals surface area contributed by atoms with Gasteiger partial charge in [-0.2, -0.15) is 0 Å². The Bertz CT molecular complexity index is 1160. The zero-order valence-electron chi connectivity index (χ0n) is 20.2. The molecule has 0 bridgehead atoms. The van der Waals surface area contributed by atoms with E-state index in [2.05, 4.69) is 5.32 Å². The second-order valence-electron chi connectivity index (χ2n) is 9.22. The van der Waals surface area contributed by atoms with Gasteiger partial charge in [-0.15, -0.1) is 0 Å². The van der Waals surface area contributed by atoms with Crippen LogP contribution in [0.3, 0.4) is 0 Å². The summed E-state index contributed by atoms with van der Waals surface area (Å²) in [6.45, 7) is 8.40. The molecule has 0 aliphatic rings. The van der Waals surface area contributed by atoms with Crippen LogP contribution in [0.2, 0.25) is 10.0 Å². The van der Waals surface area contributed by atoms with E-state index in [1.54, 1.807) is 56.3 Å². The minimum atomic E-state index is -3.83. The van der Waals surface area contributed by atoms with Crippen molar-refractivity contribution in [2.75, 3.05) is 17.1 Å². The maximum absolute atomic E-state index is 13.5. The van der Waals surface area contributed by atoms with Crippen molar-refractivity contribution in [3.63, 3.8) is 0 Å². The highest BCUT2D eigenvalue weighted by Gasteiger charge is 2.32. The van der Waals surface area contributed by atoms with Gasteiger partial charge in [0.1, 0.15) is 12.6 Å². The summed E-state index contributed by atoms with van der Waals surface area (Å²) in [5.41, 5.74) is 1.04. The molecule has 2 rings (SSSR count). The molecular formula is C24H31Cl2N3O4S. The van der Waals surface area contributed by atoms with E-state index in [0.29, 0.717) is 26.9 Å². The van der Waals surface area contributed by atoms with Gasteiger partial charge in [0.25, 0.3) is 0 Å². The zero-order valence-corrected chi connectivity index (χ0v) is 22.6. The molecule has 0 spiro atoms. The van der Waals surface area contributed by atoms with Gasteiger partial charge in [-0.25, -0.2) is 8.42 Å². The molecule has 0 aliphatic heterocycles. The van der Waals surface area contributed by atoms with Crippen molar-refractivity contribution in [3.05, 3.63) is 63.6 Å². The predicted molar refractivity (Wildman–Crippen MR) is 138 cm³/mol. The molecular weight excluding hydrogens is 497 g/mol. The summed E-state index contributed by atoms with van der Waals surface area (Å²) >= 11 is 12.3. The highest BCUT2D eigenvalue weighted by atomic mass is 35.5. The minimum Gasteiger partial charge on any atom is -0.350 e. The molecule has 0 fully saturated rings. The molecule has 0 saturated carbocycles. The molecule has 1 N–H and O–H groups in total. The highest BCUT2D eigenvalue weighted by molar-refractivity contribution is 7.92. The van der Waals surface area contributed by atoms with Crippen molar-refractivity contribution in [2.45, 2.75) is 52.7 Å². The summed E-state index contributed by atoms with van der Waals surface area (Å²) in [5.74, 6) is -0.894. The van der Waals surface area contributed by atoms with Gasteiger partial charge >= 0.3 is 0 Å². The lowest BCUT2D eigenvalue weighted by Gasteiger charge is -2.33. The molecule has 1 unspecified atom stereocenters. The van der Waals surface area contributed by atoms with Crippen molar-refractivity contribution in [2.24, 2.45) is 0 Å². The van der Waals surface area contributed by atoms with Crippen molar-refractivity contribution in [1.82, 2.24) is 10.2 Å². The van der Waals surface area contributed by atoms with Crippen LogP contribution in [0.4, 0.5) is 5.69 Å². The van der Waals surface area contributed by atoms with E-state index in [4.69, 9.17) is 23.2 Å². The van der Waals surface area contributed by atoms with Crippen LogP contribution in [0.15, 0.2) is 42.5 Å². The van der Waals surface area contributed by atoms with Crippen LogP contribution in [0.5, 0.6) is 0 Å². The normalized spacial score (nSPS) is 12.7. The molecule has 0 saturated heterocycles. The van der Waals surface area contributed by atoms with E-state index >= 15 is 0 Å².